The van der Waals surface area contributed by atoms with Gasteiger partial charge in [-0.25, -0.2) is 4.58 Å². The molecule has 0 aromatic heterocycles. The lowest BCUT2D eigenvalue weighted by molar-refractivity contribution is -0.591. The molecule has 0 unspecified atom stereocenters. The van der Waals surface area contributed by atoms with Crippen molar-refractivity contribution < 1.29 is 4.58 Å². The van der Waals surface area contributed by atoms with Crippen LogP contribution in [0.25, 0.3) is 0 Å². The summed E-state index contributed by atoms with van der Waals surface area (Å²) in [6.07, 6.45) is 13.3. The predicted octanol–water partition coefficient (Wildman–Crippen LogP) is 5.21. The standard InChI is InChI=1S/C23H43N2/c1-18(2)15-25-16-23(17-25)12-10-21(11-13-23)14-20-6-8-22(9-7-20)24(5)19(3)4/h18-22H,5-17H2,1-4H3/q+1. The van der Waals surface area contributed by atoms with Crippen LogP contribution in [-0.4, -0.2) is 47.9 Å². The Balaban J connectivity index is 1.35. The van der Waals surface area contributed by atoms with Gasteiger partial charge in [-0.2, -0.15) is 0 Å². The van der Waals surface area contributed by atoms with E-state index in [4.69, 9.17) is 0 Å². The Hall–Kier alpha value is -0.370. The molecule has 2 aliphatic carbocycles. The van der Waals surface area contributed by atoms with Gasteiger partial charge in [-0.15, -0.1) is 0 Å². The predicted molar refractivity (Wildman–Crippen MR) is 109 cm³/mol. The van der Waals surface area contributed by atoms with Gasteiger partial charge in [0.2, 0.25) is 0 Å². The second-order valence-corrected chi connectivity index (χ2v) is 10.5. The quantitative estimate of drug-likeness (QED) is 0.472. The van der Waals surface area contributed by atoms with Crippen LogP contribution in [0.2, 0.25) is 0 Å². The van der Waals surface area contributed by atoms with Crippen LogP contribution < -0.4 is 0 Å². The fourth-order valence-corrected chi connectivity index (χ4v) is 6.00. The second-order valence-electron chi connectivity index (χ2n) is 10.5. The number of hydrogen-bond donors (Lipinski definition) is 0. The summed E-state index contributed by atoms with van der Waals surface area (Å²) < 4.78 is 2.36. The van der Waals surface area contributed by atoms with E-state index >= 15 is 0 Å². The van der Waals surface area contributed by atoms with Crippen LogP contribution in [-0.2, 0) is 0 Å². The average Bonchev–Trinajstić information content (AvgIpc) is 2.55. The SMILES string of the molecule is C=[N+](C(C)C)C1CCC(CC2CCC3(CC2)CN(CC(C)C)C3)CC1. The molecule has 3 fully saturated rings. The maximum Gasteiger partial charge on any atom is 0.152 e. The van der Waals surface area contributed by atoms with E-state index in [9.17, 15) is 0 Å². The molecule has 2 heteroatoms. The molecule has 2 nitrogen and oxygen atoms in total. The fourth-order valence-electron chi connectivity index (χ4n) is 6.00. The molecular weight excluding hydrogens is 304 g/mol. The van der Waals surface area contributed by atoms with E-state index in [2.05, 4.69) is 43.9 Å². The average molecular weight is 348 g/mol. The summed E-state index contributed by atoms with van der Waals surface area (Å²) in [7, 11) is 0. The lowest BCUT2D eigenvalue weighted by Crippen LogP contribution is -2.58. The minimum absolute atomic E-state index is 0.592. The zero-order chi connectivity index (χ0) is 18.0. The first-order chi connectivity index (χ1) is 11.9. The van der Waals surface area contributed by atoms with Crippen LogP contribution in [0.5, 0.6) is 0 Å². The molecule has 0 radical (unpaired) electrons. The Morgan fingerprint density at radius 1 is 0.920 bits per heavy atom. The third-order valence-electron chi connectivity index (χ3n) is 7.52. The first kappa shape index (κ1) is 19.4. The molecule has 1 heterocycles. The number of hydrogen-bond acceptors (Lipinski definition) is 1. The molecule has 1 spiro atoms. The van der Waals surface area contributed by atoms with Crippen molar-refractivity contribution in [3.63, 3.8) is 0 Å². The van der Waals surface area contributed by atoms with Gasteiger partial charge >= 0.3 is 0 Å². The topological polar surface area (TPSA) is 6.25 Å². The van der Waals surface area contributed by atoms with Crippen molar-refractivity contribution in [2.45, 2.75) is 97.6 Å². The van der Waals surface area contributed by atoms with E-state index < -0.39 is 0 Å². The Labute approximate surface area is 157 Å². The van der Waals surface area contributed by atoms with Crippen LogP contribution in [0, 0.1) is 23.2 Å². The van der Waals surface area contributed by atoms with Crippen molar-refractivity contribution in [2.24, 2.45) is 23.2 Å². The van der Waals surface area contributed by atoms with Gasteiger partial charge < -0.3 is 4.90 Å². The van der Waals surface area contributed by atoms with Gasteiger partial charge in [-0.3, -0.25) is 0 Å². The van der Waals surface area contributed by atoms with Crippen LogP contribution in [0.1, 0.15) is 85.5 Å². The largest absolute Gasteiger partial charge is 0.302 e. The first-order valence-corrected chi connectivity index (χ1v) is 11.2. The van der Waals surface area contributed by atoms with E-state index in [1.54, 1.807) is 0 Å². The summed E-state index contributed by atoms with van der Waals surface area (Å²) in [5.41, 5.74) is 0.731. The van der Waals surface area contributed by atoms with Crippen LogP contribution in [0.3, 0.4) is 0 Å². The fraction of sp³-hybridized carbons (Fsp3) is 0.957. The molecule has 1 saturated heterocycles. The lowest BCUT2D eigenvalue weighted by atomic mass is 9.64. The summed E-state index contributed by atoms with van der Waals surface area (Å²) in [5.74, 6) is 2.87. The molecule has 0 N–H and O–H groups in total. The van der Waals surface area contributed by atoms with Crippen molar-refractivity contribution in [2.75, 3.05) is 19.6 Å². The Morgan fingerprint density at radius 3 is 2.00 bits per heavy atom. The number of likely N-dealkylation sites (tertiary alicyclic amines) is 1. The van der Waals surface area contributed by atoms with Gasteiger partial charge in [0, 0.05) is 32.5 Å². The maximum atomic E-state index is 4.29. The van der Waals surface area contributed by atoms with Crippen LogP contribution >= 0.6 is 0 Å². The highest BCUT2D eigenvalue weighted by atomic mass is 15.2. The minimum atomic E-state index is 0.592. The summed E-state index contributed by atoms with van der Waals surface area (Å²) in [6, 6.07) is 1.33. The molecule has 3 aliphatic rings. The molecule has 0 bridgehead atoms. The van der Waals surface area contributed by atoms with Crippen molar-refractivity contribution in [1.82, 2.24) is 4.90 Å². The summed E-state index contributed by atoms with van der Waals surface area (Å²) in [4.78, 5) is 2.70. The van der Waals surface area contributed by atoms with Crippen molar-refractivity contribution in [1.29, 1.82) is 0 Å². The number of nitrogens with zero attached hydrogens (tertiary/aromatic N) is 2. The highest BCUT2D eigenvalue weighted by Gasteiger charge is 2.45. The highest BCUT2D eigenvalue weighted by Crippen LogP contribution is 2.47. The molecule has 0 atom stereocenters. The van der Waals surface area contributed by atoms with Crippen molar-refractivity contribution >= 4 is 6.72 Å². The minimum Gasteiger partial charge on any atom is -0.302 e. The first-order valence-electron chi connectivity index (χ1n) is 11.2. The lowest BCUT2D eigenvalue weighted by Gasteiger charge is -2.54. The molecular formula is C23H43N2+. The Morgan fingerprint density at radius 2 is 1.48 bits per heavy atom. The molecule has 0 aromatic rings. The van der Waals surface area contributed by atoms with E-state index in [0.29, 0.717) is 6.04 Å². The second kappa shape index (κ2) is 8.11. The molecule has 1 aliphatic heterocycles. The van der Waals surface area contributed by atoms with Crippen LogP contribution in [0.15, 0.2) is 0 Å². The van der Waals surface area contributed by atoms with Gasteiger partial charge in [0.15, 0.2) is 6.04 Å². The molecule has 3 rings (SSSR count). The van der Waals surface area contributed by atoms with Gasteiger partial charge in [0.05, 0.1) is 0 Å². The monoisotopic (exact) mass is 347 g/mol. The van der Waals surface area contributed by atoms with Gasteiger partial charge in [0.25, 0.3) is 0 Å². The molecule has 0 aromatic carbocycles. The van der Waals surface area contributed by atoms with Crippen molar-refractivity contribution in [3.8, 4) is 0 Å². The molecule has 25 heavy (non-hydrogen) atoms. The van der Waals surface area contributed by atoms with Crippen LogP contribution in [0.4, 0.5) is 0 Å². The third-order valence-corrected chi connectivity index (χ3v) is 7.52. The van der Waals surface area contributed by atoms with Gasteiger partial charge in [0.1, 0.15) is 12.8 Å². The molecule has 0 amide bonds. The highest BCUT2D eigenvalue weighted by molar-refractivity contribution is 5.15. The number of rotatable bonds is 6. The zero-order valence-electron chi connectivity index (χ0n) is 17.5. The zero-order valence-corrected chi connectivity index (χ0v) is 17.5. The summed E-state index contributed by atoms with van der Waals surface area (Å²) in [6.45, 7) is 17.7. The van der Waals surface area contributed by atoms with E-state index in [-0.39, 0.29) is 0 Å². The van der Waals surface area contributed by atoms with E-state index in [0.717, 1.165) is 29.2 Å². The van der Waals surface area contributed by atoms with E-state index in [1.165, 1.54) is 77.4 Å². The van der Waals surface area contributed by atoms with Crippen molar-refractivity contribution in [3.05, 3.63) is 0 Å². The summed E-state index contributed by atoms with van der Waals surface area (Å²) in [5, 5.41) is 0. The van der Waals surface area contributed by atoms with Gasteiger partial charge in [-0.05, 0) is 82.0 Å². The molecule has 144 valence electrons. The Kier molecular flexibility index (Phi) is 6.29. The third kappa shape index (κ3) is 4.87. The normalized spacial score (nSPS) is 30.8. The smallest absolute Gasteiger partial charge is 0.152 e. The molecule has 2 saturated carbocycles. The summed E-state index contributed by atoms with van der Waals surface area (Å²) >= 11 is 0. The Bertz CT molecular complexity index is 429. The van der Waals surface area contributed by atoms with Gasteiger partial charge in [-0.1, -0.05) is 13.8 Å². The van der Waals surface area contributed by atoms with E-state index in [1.807, 2.05) is 0 Å². The maximum absolute atomic E-state index is 4.29.